The number of para-hydroxylation sites is 2. The predicted molar refractivity (Wildman–Crippen MR) is 129 cm³/mol. The number of rotatable bonds is 1. The van der Waals surface area contributed by atoms with Gasteiger partial charge in [0.05, 0.1) is 4.47 Å². The fourth-order valence-corrected chi connectivity index (χ4v) is 5.49. The molecule has 2 heteroatoms. The van der Waals surface area contributed by atoms with Crippen LogP contribution in [0.1, 0.15) is 0 Å². The van der Waals surface area contributed by atoms with Crippen LogP contribution in [-0.4, -0.2) is 0 Å². The van der Waals surface area contributed by atoms with Crippen molar-refractivity contribution in [2.75, 3.05) is 0 Å². The van der Waals surface area contributed by atoms with E-state index in [0.717, 1.165) is 32.0 Å². The van der Waals surface area contributed by atoms with Gasteiger partial charge in [0.15, 0.2) is 0 Å². The Morgan fingerprint density at radius 1 is 0.433 bits per heavy atom. The van der Waals surface area contributed by atoms with E-state index < -0.39 is 0 Å². The van der Waals surface area contributed by atoms with Crippen LogP contribution < -0.4 is 0 Å². The van der Waals surface area contributed by atoms with Gasteiger partial charge in [-0.3, -0.25) is 0 Å². The summed E-state index contributed by atoms with van der Waals surface area (Å²) >= 11 is 3.65. The van der Waals surface area contributed by atoms with Gasteiger partial charge in [-0.2, -0.15) is 0 Å². The van der Waals surface area contributed by atoms with Gasteiger partial charge >= 0.3 is 0 Å². The molecule has 7 rings (SSSR count). The summed E-state index contributed by atoms with van der Waals surface area (Å²) in [5.41, 5.74) is 9.47. The van der Waals surface area contributed by atoms with E-state index in [2.05, 4.69) is 101 Å². The molecule has 30 heavy (non-hydrogen) atoms. The number of hydrogen-bond donors (Lipinski definition) is 0. The predicted octanol–water partition coefficient (Wildman–Crippen LogP) is 8.82. The molecule has 1 aliphatic rings. The largest absolute Gasteiger partial charge is 0.454 e. The summed E-state index contributed by atoms with van der Waals surface area (Å²) in [6.45, 7) is 0. The molecule has 140 valence electrons. The molecule has 0 N–H and O–H groups in total. The average Bonchev–Trinajstić information content (AvgIpc) is 3.33. The molecule has 0 saturated carbocycles. The molecule has 1 aromatic heterocycles. The normalized spacial score (nSPS) is 12.2. The van der Waals surface area contributed by atoms with Crippen molar-refractivity contribution in [1.29, 1.82) is 0 Å². The van der Waals surface area contributed by atoms with Gasteiger partial charge in [0.25, 0.3) is 0 Å². The van der Waals surface area contributed by atoms with Crippen molar-refractivity contribution in [3.05, 3.63) is 95.5 Å². The molecule has 0 atom stereocenters. The van der Waals surface area contributed by atoms with Gasteiger partial charge in [0.1, 0.15) is 11.2 Å². The van der Waals surface area contributed by atoms with E-state index in [-0.39, 0.29) is 0 Å². The molecule has 0 spiro atoms. The van der Waals surface area contributed by atoms with Gasteiger partial charge < -0.3 is 4.42 Å². The quantitative estimate of drug-likeness (QED) is 0.245. The Bertz CT molecular complexity index is 1630. The summed E-state index contributed by atoms with van der Waals surface area (Å²) in [6.07, 6.45) is 0. The van der Waals surface area contributed by atoms with Crippen LogP contribution in [0.5, 0.6) is 0 Å². The summed E-state index contributed by atoms with van der Waals surface area (Å²) in [4.78, 5) is 0. The maximum absolute atomic E-state index is 6.41. The van der Waals surface area contributed by atoms with E-state index in [1.807, 2.05) is 6.07 Å². The molecule has 1 nitrogen and oxygen atoms in total. The summed E-state index contributed by atoms with van der Waals surface area (Å²) in [5.74, 6) is 0. The van der Waals surface area contributed by atoms with Crippen LogP contribution in [0.15, 0.2) is 99.9 Å². The summed E-state index contributed by atoms with van der Waals surface area (Å²) < 4.78 is 7.39. The molecule has 0 saturated heterocycles. The first-order valence-electron chi connectivity index (χ1n) is 10.1. The standard InChI is InChI=1S/C28H15BrO/c29-25-13-5-12-24-23-11-4-10-22(27(23)30-28(24)25)18-14-15-21-17-7-2-1-6-16(17)19-8-3-9-20(18)26(19)21/h1-15H. The fraction of sp³-hybridized carbons (Fsp3) is 0. The fourth-order valence-electron chi connectivity index (χ4n) is 5.04. The van der Waals surface area contributed by atoms with Gasteiger partial charge in [-0.1, -0.05) is 84.9 Å². The van der Waals surface area contributed by atoms with Crippen molar-refractivity contribution < 1.29 is 4.42 Å². The molecule has 0 radical (unpaired) electrons. The van der Waals surface area contributed by atoms with E-state index in [1.54, 1.807) is 0 Å². The molecule has 1 aliphatic carbocycles. The third kappa shape index (κ3) is 2.02. The Hall–Kier alpha value is -3.36. The van der Waals surface area contributed by atoms with Gasteiger partial charge in [-0.25, -0.2) is 0 Å². The number of furan rings is 1. The molecule has 1 heterocycles. The van der Waals surface area contributed by atoms with Gasteiger partial charge in [-0.05, 0) is 60.6 Å². The molecule has 6 aromatic rings. The second-order valence-electron chi connectivity index (χ2n) is 7.84. The second kappa shape index (κ2) is 5.84. The second-order valence-corrected chi connectivity index (χ2v) is 8.69. The lowest BCUT2D eigenvalue weighted by Gasteiger charge is -2.10. The number of fused-ring (bicyclic) bond motifs is 6. The minimum Gasteiger partial charge on any atom is -0.454 e. The lowest BCUT2D eigenvalue weighted by molar-refractivity contribution is 0.668. The Morgan fingerprint density at radius 3 is 1.80 bits per heavy atom. The highest BCUT2D eigenvalue weighted by Gasteiger charge is 2.23. The van der Waals surface area contributed by atoms with E-state index in [1.165, 1.54) is 38.6 Å². The lowest BCUT2D eigenvalue weighted by Crippen LogP contribution is -1.84. The van der Waals surface area contributed by atoms with E-state index >= 15 is 0 Å². The molecular weight excluding hydrogens is 432 g/mol. The summed E-state index contributed by atoms with van der Waals surface area (Å²) in [5, 5.41) is 4.90. The molecular formula is C28H15BrO. The highest BCUT2D eigenvalue weighted by Crippen LogP contribution is 2.50. The van der Waals surface area contributed by atoms with Crippen LogP contribution in [-0.2, 0) is 0 Å². The van der Waals surface area contributed by atoms with Crippen molar-refractivity contribution in [2.45, 2.75) is 0 Å². The molecule has 0 bridgehead atoms. The topological polar surface area (TPSA) is 13.1 Å². The summed E-state index contributed by atoms with van der Waals surface area (Å²) in [6, 6.07) is 32.5. The van der Waals surface area contributed by atoms with Crippen molar-refractivity contribution in [3.63, 3.8) is 0 Å². The molecule has 0 fully saturated rings. The first-order chi connectivity index (χ1) is 14.8. The zero-order valence-corrected chi connectivity index (χ0v) is 17.5. The monoisotopic (exact) mass is 446 g/mol. The summed E-state index contributed by atoms with van der Waals surface area (Å²) in [7, 11) is 0. The van der Waals surface area contributed by atoms with Crippen LogP contribution in [0.4, 0.5) is 0 Å². The Morgan fingerprint density at radius 2 is 1.00 bits per heavy atom. The van der Waals surface area contributed by atoms with Crippen LogP contribution in [0.3, 0.4) is 0 Å². The average molecular weight is 447 g/mol. The maximum atomic E-state index is 6.41. The first-order valence-corrected chi connectivity index (χ1v) is 10.9. The highest BCUT2D eigenvalue weighted by molar-refractivity contribution is 9.10. The smallest absolute Gasteiger partial charge is 0.149 e. The third-order valence-electron chi connectivity index (χ3n) is 6.31. The van der Waals surface area contributed by atoms with E-state index in [4.69, 9.17) is 4.42 Å². The van der Waals surface area contributed by atoms with Crippen LogP contribution in [0.25, 0.3) is 66.1 Å². The Labute approximate surface area is 181 Å². The van der Waals surface area contributed by atoms with Gasteiger partial charge in [-0.15, -0.1) is 0 Å². The Balaban J connectivity index is 1.60. The van der Waals surface area contributed by atoms with Crippen LogP contribution in [0.2, 0.25) is 0 Å². The van der Waals surface area contributed by atoms with E-state index in [9.17, 15) is 0 Å². The first kappa shape index (κ1) is 16.4. The van der Waals surface area contributed by atoms with Crippen molar-refractivity contribution in [1.82, 2.24) is 0 Å². The zero-order valence-electron chi connectivity index (χ0n) is 15.9. The van der Waals surface area contributed by atoms with E-state index in [0.29, 0.717) is 0 Å². The molecule has 0 aliphatic heterocycles. The van der Waals surface area contributed by atoms with Crippen molar-refractivity contribution in [2.24, 2.45) is 0 Å². The minimum atomic E-state index is 0.901. The highest BCUT2D eigenvalue weighted by atomic mass is 79.9. The Kier molecular flexibility index (Phi) is 3.20. The lowest BCUT2D eigenvalue weighted by atomic mass is 9.93. The molecule has 0 amide bonds. The SMILES string of the molecule is Brc1cccc2c1oc1c(-c3ccc4c5c(cccc35)-c3ccccc3-4)cccc12. The van der Waals surface area contributed by atoms with Crippen molar-refractivity contribution in [3.8, 4) is 33.4 Å². The van der Waals surface area contributed by atoms with Crippen LogP contribution in [0, 0.1) is 0 Å². The maximum Gasteiger partial charge on any atom is 0.149 e. The number of hydrogen-bond acceptors (Lipinski definition) is 1. The van der Waals surface area contributed by atoms with Crippen molar-refractivity contribution >= 4 is 48.6 Å². The number of benzene rings is 5. The minimum absolute atomic E-state index is 0.901. The molecule has 5 aromatic carbocycles. The van der Waals surface area contributed by atoms with Gasteiger partial charge in [0, 0.05) is 16.3 Å². The molecule has 0 unspecified atom stereocenters. The van der Waals surface area contributed by atoms with Gasteiger partial charge in [0.2, 0.25) is 0 Å². The number of halogens is 1. The third-order valence-corrected chi connectivity index (χ3v) is 6.94. The van der Waals surface area contributed by atoms with Crippen LogP contribution >= 0.6 is 15.9 Å². The zero-order chi connectivity index (χ0) is 19.8.